The SMILES string of the molecule is Fc1cc(F)c([O][Al]([O]c2c(F)cc(F)cc2F)[O][Si](c2ccccc2)(c2ccccc2)c2ccccc2)c(F)c1. The Morgan fingerprint density at radius 1 is 0.439 bits per heavy atom. The van der Waals surface area contributed by atoms with Gasteiger partial charge < -0.3 is 11.1 Å². The van der Waals surface area contributed by atoms with E-state index in [2.05, 4.69) is 0 Å². The summed E-state index contributed by atoms with van der Waals surface area (Å²) in [5.41, 5.74) is 0. The minimum absolute atomic E-state index is 0.388. The zero-order valence-electron chi connectivity index (χ0n) is 21.0. The predicted octanol–water partition coefficient (Wildman–Crippen LogP) is 5.65. The van der Waals surface area contributed by atoms with Crippen LogP contribution >= 0.6 is 0 Å². The number of benzene rings is 5. The van der Waals surface area contributed by atoms with Gasteiger partial charge >= 0.3 is 15.1 Å². The summed E-state index contributed by atoms with van der Waals surface area (Å²) in [5.74, 6) is -10.2. The molecule has 0 saturated carbocycles. The van der Waals surface area contributed by atoms with Crippen LogP contribution in [0.2, 0.25) is 0 Å². The Bertz CT molecular complexity index is 1440. The van der Waals surface area contributed by atoms with Crippen molar-refractivity contribution in [1.29, 1.82) is 0 Å². The molecule has 41 heavy (non-hydrogen) atoms. The van der Waals surface area contributed by atoms with Crippen LogP contribution in [-0.2, 0) is 3.48 Å². The summed E-state index contributed by atoms with van der Waals surface area (Å²) in [4.78, 5) is 0. The highest BCUT2D eigenvalue weighted by Gasteiger charge is 2.54. The maximum atomic E-state index is 14.7. The van der Waals surface area contributed by atoms with Crippen molar-refractivity contribution >= 4 is 39.0 Å². The molecule has 0 unspecified atom stereocenters. The first-order valence-electron chi connectivity index (χ1n) is 12.2. The van der Waals surface area contributed by atoms with Crippen LogP contribution in [0, 0.1) is 34.9 Å². The predicted molar refractivity (Wildman–Crippen MR) is 145 cm³/mol. The number of rotatable bonds is 9. The van der Waals surface area contributed by atoms with Crippen LogP contribution < -0.4 is 23.1 Å². The van der Waals surface area contributed by atoms with Crippen molar-refractivity contribution in [2.75, 3.05) is 0 Å². The van der Waals surface area contributed by atoms with E-state index in [0.717, 1.165) is 0 Å². The lowest BCUT2D eigenvalue weighted by Crippen LogP contribution is -2.72. The first-order chi connectivity index (χ1) is 19.8. The molecule has 5 aromatic carbocycles. The van der Waals surface area contributed by atoms with Gasteiger partial charge in [0.05, 0.1) is 0 Å². The van der Waals surface area contributed by atoms with Gasteiger partial charge in [0.15, 0.2) is 34.8 Å². The van der Waals surface area contributed by atoms with Gasteiger partial charge in [-0.05, 0) is 15.6 Å². The zero-order valence-corrected chi connectivity index (χ0v) is 23.2. The van der Waals surface area contributed by atoms with Crippen LogP contribution in [0.25, 0.3) is 0 Å². The lowest BCUT2D eigenvalue weighted by Gasteiger charge is -2.35. The van der Waals surface area contributed by atoms with E-state index in [1.165, 1.54) is 0 Å². The van der Waals surface area contributed by atoms with Crippen molar-refractivity contribution in [1.82, 2.24) is 0 Å². The van der Waals surface area contributed by atoms with Crippen molar-refractivity contribution in [3.8, 4) is 11.5 Å². The molecule has 0 bridgehead atoms. The molecule has 0 aliphatic rings. The van der Waals surface area contributed by atoms with Crippen molar-refractivity contribution in [2.45, 2.75) is 0 Å². The fraction of sp³-hybridized carbons (Fsp3) is 0. The molecule has 0 aliphatic carbocycles. The van der Waals surface area contributed by atoms with Crippen molar-refractivity contribution < 1.29 is 37.4 Å². The Kier molecular flexibility index (Phi) is 8.52. The molecule has 0 N–H and O–H groups in total. The van der Waals surface area contributed by atoms with Crippen molar-refractivity contribution in [2.24, 2.45) is 0 Å². The quantitative estimate of drug-likeness (QED) is 0.125. The molecule has 0 heterocycles. The third kappa shape index (κ3) is 6.04. The van der Waals surface area contributed by atoms with E-state index in [4.69, 9.17) is 11.1 Å². The fourth-order valence-electron chi connectivity index (χ4n) is 4.41. The lowest BCUT2D eigenvalue weighted by molar-refractivity contribution is 0.279. The lowest BCUT2D eigenvalue weighted by atomic mass is 10.3. The maximum absolute atomic E-state index is 14.7. The number of halogens is 6. The average Bonchev–Trinajstić information content (AvgIpc) is 2.96. The van der Waals surface area contributed by atoms with E-state index in [1.807, 2.05) is 0 Å². The smallest absolute Gasteiger partial charge is 0.584 e. The van der Waals surface area contributed by atoms with Crippen LogP contribution in [-0.4, -0.2) is 23.5 Å². The molecule has 0 fully saturated rings. The monoisotopic (exact) mass is 596 g/mol. The molecular weight excluding hydrogens is 577 g/mol. The van der Waals surface area contributed by atoms with Crippen LogP contribution in [0.4, 0.5) is 26.3 Å². The first kappa shape index (κ1) is 28.5. The molecule has 0 radical (unpaired) electrons. The Morgan fingerprint density at radius 3 is 1.02 bits per heavy atom. The minimum atomic E-state index is -4.11. The standard InChI is InChI=1S/C18H15OSi.2C6H3F3O.Al/c19-20(16-10-4-1-5-11-16,17-12-6-2-7-13-17)18-14-8-3-9-15-18;2*7-3-1-4(8)6(10)5(9)2-3;/h1-15H;2*1-2,10H;/q-1;;;+3/p-2. The van der Waals surface area contributed by atoms with Crippen LogP contribution in [0.15, 0.2) is 115 Å². The summed E-state index contributed by atoms with van der Waals surface area (Å²) in [7, 11) is -3.71. The molecule has 5 aromatic rings. The van der Waals surface area contributed by atoms with E-state index < -0.39 is 69.9 Å². The topological polar surface area (TPSA) is 27.7 Å². The number of hydrogen-bond acceptors (Lipinski definition) is 3. The summed E-state index contributed by atoms with van der Waals surface area (Å²) < 4.78 is 104. The molecule has 3 nitrogen and oxygen atoms in total. The van der Waals surface area contributed by atoms with Gasteiger partial charge in [-0.15, -0.1) is 0 Å². The summed E-state index contributed by atoms with van der Waals surface area (Å²) in [6, 6.07) is 28.2. The normalized spacial score (nSPS) is 11.3. The van der Waals surface area contributed by atoms with Gasteiger partial charge in [0.1, 0.15) is 11.6 Å². The molecule has 0 aliphatic heterocycles. The van der Waals surface area contributed by atoms with Gasteiger partial charge in [0.2, 0.25) is 0 Å². The van der Waals surface area contributed by atoms with Gasteiger partial charge in [0, 0.05) is 24.3 Å². The summed E-state index contributed by atoms with van der Waals surface area (Å²) >= 11 is -4.11. The Balaban J connectivity index is 1.72. The molecule has 0 spiro atoms. The summed E-state index contributed by atoms with van der Waals surface area (Å²) in [6.07, 6.45) is 0. The third-order valence-corrected chi connectivity index (χ3v) is 12.6. The van der Waals surface area contributed by atoms with E-state index in [9.17, 15) is 26.3 Å². The number of hydrogen-bond donors (Lipinski definition) is 0. The molecular formula is C30H19AlF6O3Si. The van der Waals surface area contributed by atoms with Gasteiger partial charge in [-0.2, -0.15) is 0 Å². The Labute approximate surface area is 237 Å². The van der Waals surface area contributed by atoms with E-state index >= 15 is 0 Å². The highest BCUT2D eigenvalue weighted by molar-refractivity contribution is 7.09. The minimum Gasteiger partial charge on any atom is -0.584 e. The van der Waals surface area contributed by atoms with E-state index in [1.54, 1.807) is 91.0 Å². The molecule has 0 amide bonds. The van der Waals surface area contributed by atoms with Gasteiger partial charge in [0.25, 0.3) is 8.32 Å². The second kappa shape index (κ2) is 12.2. The maximum Gasteiger partial charge on any atom is 1.09 e. The van der Waals surface area contributed by atoms with Crippen LogP contribution in [0.1, 0.15) is 0 Å². The Morgan fingerprint density at radius 2 is 0.732 bits per heavy atom. The molecule has 206 valence electrons. The van der Waals surface area contributed by atoms with Crippen molar-refractivity contribution in [3.63, 3.8) is 0 Å². The largest absolute Gasteiger partial charge is 1.09 e. The highest BCUT2D eigenvalue weighted by Crippen LogP contribution is 2.28. The molecule has 5 rings (SSSR count). The van der Waals surface area contributed by atoms with Gasteiger partial charge in [-0.1, -0.05) is 91.0 Å². The summed E-state index contributed by atoms with van der Waals surface area (Å²) in [5, 5.41) is 1.96. The third-order valence-electron chi connectivity index (χ3n) is 6.17. The second-order valence-electron chi connectivity index (χ2n) is 8.82. The second-order valence-corrected chi connectivity index (χ2v) is 13.9. The highest BCUT2D eigenvalue weighted by atomic mass is 28.4. The average molecular weight is 597 g/mol. The van der Waals surface area contributed by atoms with Crippen LogP contribution in [0.3, 0.4) is 0 Å². The summed E-state index contributed by atoms with van der Waals surface area (Å²) in [6.45, 7) is 0. The van der Waals surface area contributed by atoms with E-state index in [-0.39, 0.29) is 0 Å². The van der Waals surface area contributed by atoms with Gasteiger partial charge in [-0.3, -0.25) is 0 Å². The fourth-order valence-corrected chi connectivity index (χ4v) is 11.5. The molecule has 11 heteroatoms. The molecule has 0 saturated heterocycles. The van der Waals surface area contributed by atoms with Crippen molar-refractivity contribution in [3.05, 3.63) is 150 Å². The van der Waals surface area contributed by atoms with Crippen LogP contribution in [0.5, 0.6) is 11.5 Å². The van der Waals surface area contributed by atoms with E-state index in [0.29, 0.717) is 39.8 Å². The molecule has 0 atom stereocenters. The first-order valence-corrected chi connectivity index (χ1v) is 15.6. The molecule has 0 aromatic heterocycles. The van der Waals surface area contributed by atoms with Gasteiger partial charge in [-0.25, -0.2) is 26.3 Å². The zero-order chi connectivity index (χ0) is 29.0. The Hall–Kier alpha value is -4.01.